The molecule has 2 N–H and O–H groups in total. The van der Waals surface area contributed by atoms with Gasteiger partial charge in [0.2, 0.25) is 0 Å². The quantitative estimate of drug-likeness (QED) is 0.595. The van der Waals surface area contributed by atoms with E-state index in [1.54, 1.807) is 20.8 Å². The highest BCUT2D eigenvalue weighted by Crippen LogP contribution is 2.34. The van der Waals surface area contributed by atoms with E-state index in [0.717, 1.165) is 28.6 Å². The first kappa shape index (κ1) is 19.1. The van der Waals surface area contributed by atoms with E-state index in [4.69, 9.17) is 9.47 Å². The van der Waals surface area contributed by atoms with Crippen molar-refractivity contribution in [3.8, 4) is 0 Å². The highest BCUT2D eigenvalue weighted by Gasteiger charge is 2.36. The topological polar surface area (TPSA) is 80.4 Å². The average Bonchev–Trinajstić information content (AvgIpc) is 3.18. The second-order valence-electron chi connectivity index (χ2n) is 8.23. The number of carbonyl (C=O) groups is 2. The highest BCUT2D eigenvalue weighted by atomic mass is 16.7. The van der Waals surface area contributed by atoms with Crippen molar-refractivity contribution >= 4 is 23.3 Å². The van der Waals surface area contributed by atoms with Crippen molar-refractivity contribution in [2.45, 2.75) is 38.8 Å². The number of hydrogen-bond donors (Lipinski definition) is 2. The molecule has 6 heteroatoms. The summed E-state index contributed by atoms with van der Waals surface area (Å²) < 4.78 is 11.0. The van der Waals surface area contributed by atoms with E-state index < -0.39 is 11.8 Å². The molecule has 0 saturated carbocycles. The fourth-order valence-electron chi connectivity index (χ4n) is 3.77. The van der Waals surface area contributed by atoms with E-state index >= 15 is 0 Å². The van der Waals surface area contributed by atoms with E-state index in [1.165, 1.54) is 0 Å². The van der Waals surface area contributed by atoms with Crippen molar-refractivity contribution in [1.29, 1.82) is 0 Å². The molecule has 1 aromatic carbocycles. The molecule has 0 amide bonds. The molecule has 0 fully saturated rings. The van der Waals surface area contributed by atoms with Gasteiger partial charge in [-0.25, -0.2) is 4.79 Å². The predicted octanol–water partition coefficient (Wildman–Crippen LogP) is 4.40. The molecule has 1 aliphatic carbocycles. The molecule has 2 aliphatic rings. The standard InChI is InChI=1S/C23H24N2O4/c1-23(2,3)29-22(27)28-21-15-9-5-7-11-18(15)25-20(21)12-19-16(13-26)14-8-4-6-10-17(14)24-19/h4-11,13,15,18,24-25H,12H2,1-3H3. The number of fused-ring (bicyclic) bond motifs is 2. The number of nitrogens with one attached hydrogen (secondary N) is 2. The maximum atomic E-state index is 12.3. The van der Waals surface area contributed by atoms with Gasteiger partial charge in [-0.15, -0.1) is 0 Å². The van der Waals surface area contributed by atoms with Crippen LogP contribution >= 0.6 is 0 Å². The summed E-state index contributed by atoms with van der Waals surface area (Å²) in [7, 11) is 0. The third-order valence-corrected chi connectivity index (χ3v) is 4.96. The lowest BCUT2D eigenvalue weighted by Crippen LogP contribution is -2.28. The van der Waals surface area contributed by atoms with Crippen LogP contribution in [0.3, 0.4) is 0 Å². The minimum Gasteiger partial charge on any atom is -0.428 e. The Hall–Kier alpha value is -3.28. The maximum absolute atomic E-state index is 12.3. The number of ether oxygens (including phenoxy) is 2. The van der Waals surface area contributed by atoms with E-state index in [-0.39, 0.29) is 12.0 Å². The molecule has 2 aromatic rings. The van der Waals surface area contributed by atoms with Crippen molar-refractivity contribution in [1.82, 2.24) is 10.3 Å². The number of carbonyl (C=O) groups excluding carboxylic acids is 2. The molecule has 0 saturated heterocycles. The van der Waals surface area contributed by atoms with Crippen LogP contribution in [0.15, 0.2) is 60.0 Å². The lowest BCUT2D eigenvalue weighted by molar-refractivity contribution is 0.00376. The second kappa shape index (κ2) is 7.28. The first-order valence-corrected chi connectivity index (χ1v) is 9.66. The molecule has 0 bridgehead atoms. The minimum absolute atomic E-state index is 0.00324. The van der Waals surface area contributed by atoms with Crippen LogP contribution < -0.4 is 5.32 Å². The molecule has 6 nitrogen and oxygen atoms in total. The Labute approximate surface area is 169 Å². The molecule has 29 heavy (non-hydrogen) atoms. The van der Waals surface area contributed by atoms with E-state index in [9.17, 15) is 9.59 Å². The molecule has 2 heterocycles. The van der Waals surface area contributed by atoms with Gasteiger partial charge in [-0.05, 0) is 26.8 Å². The first-order valence-electron chi connectivity index (χ1n) is 9.66. The van der Waals surface area contributed by atoms with Gasteiger partial charge in [-0.2, -0.15) is 0 Å². The smallest absolute Gasteiger partial charge is 0.428 e. The normalized spacial score (nSPS) is 20.5. The van der Waals surface area contributed by atoms with Crippen molar-refractivity contribution in [3.05, 3.63) is 71.3 Å². The van der Waals surface area contributed by atoms with Crippen LogP contribution in [0.2, 0.25) is 0 Å². The van der Waals surface area contributed by atoms with Crippen molar-refractivity contribution < 1.29 is 19.1 Å². The van der Waals surface area contributed by atoms with Gasteiger partial charge < -0.3 is 19.8 Å². The number of H-pyrrole nitrogens is 1. The molecular weight excluding hydrogens is 368 g/mol. The van der Waals surface area contributed by atoms with Gasteiger partial charge in [0, 0.05) is 28.6 Å². The Morgan fingerprint density at radius 2 is 1.93 bits per heavy atom. The Kier molecular flexibility index (Phi) is 4.78. The number of benzene rings is 1. The highest BCUT2D eigenvalue weighted by molar-refractivity contribution is 5.99. The second-order valence-corrected chi connectivity index (χ2v) is 8.23. The zero-order valence-corrected chi connectivity index (χ0v) is 16.7. The number of aromatic amines is 1. The molecule has 1 aromatic heterocycles. The Morgan fingerprint density at radius 3 is 2.69 bits per heavy atom. The Bertz CT molecular complexity index is 1050. The summed E-state index contributed by atoms with van der Waals surface area (Å²) >= 11 is 0. The van der Waals surface area contributed by atoms with Gasteiger partial charge in [0.25, 0.3) is 0 Å². The van der Waals surface area contributed by atoms with Crippen molar-refractivity contribution in [3.63, 3.8) is 0 Å². The van der Waals surface area contributed by atoms with Gasteiger partial charge in [-0.3, -0.25) is 4.79 Å². The number of allylic oxidation sites excluding steroid dienone is 3. The number of para-hydroxylation sites is 1. The van der Waals surface area contributed by atoms with Gasteiger partial charge in [0.15, 0.2) is 6.29 Å². The zero-order chi connectivity index (χ0) is 20.6. The third-order valence-electron chi connectivity index (χ3n) is 4.96. The molecule has 0 spiro atoms. The number of aldehydes is 1. The number of rotatable bonds is 4. The predicted molar refractivity (Wildman–Crippen MR) is 110 cm³/mol. The fraction of sp³-hybridized carbons (Fsp3) is 0.304. The molecule has 1 aliphatic heterocycles. The molecule has 4 rings (SSSR count). The van der Waals surface area contributed by atoms with Crippen LogP contribution in [0.25, 0.3) is 10.9 Å². The molecular formula is C23H24N2O4. The molecule has 0 radical (unpaired) electrons. The van der Waals surface area contributed by atoms with E-state index in [0.29, 0.717) is 17.7 Å². The molecule has 150 valence electrons. The zero-order valence-electron chi connectivity index (χ0n) is 16.7. The van der Waals surface area contributed by atoms with Crippen molar-refractivity contribution in [2.24, 2.45) is 5.92 Å². The lowest BCUT2D eigenvalue weighted by atomic mass is 9.96. The van der Waals surface area contributed by atoms with Crippen LogP contribution in [0.5, 0.6) is 0 Å². The summed E-state index contributed by atoms with van der Waals surface area (Å²) in [6, 6.07) is 7.67. The van der Waals surface area contributed by atoms with Crippen LogP contribution in [0.4, 0.5) is 4.79 Å². The average molecular weight is 392 g/mol. The van der Waals surface area contributed by atoms with Crippen LogP contribution in [-0.4, -0.2) is 29.1 Å². The van der Waals surface area contributed by atoms with Gasteiger partial charge in [-0.1, -0.05) is 42.5 Å². The monoisotopic (exact) mass is 392 g/mol. The maximum Gasteiger partial charge on any atom is 0.514 e. The SMILES string of the molecule is CC(C)(C)OC(=O)OC1=C(Cc2[nH]c3ccccc3c2C=O)NC2C=CC=CC12. The summed E-state index contributed by atoms with van der Waals surface area (Å²) in [5, 5.41) is 4.31. The van der Waals surface area contributed by atoms with Gasteiger partial charge >= 0.3 is 6.16 Å². The summed E-state index contributed by atoms with van der Waals surface area (Å²) in [4.78, 5) is 27.4. The summed E-state index contributed by atoms with van der Waals surface area (Å²) in [5.74, 6) is 0.423. The molecule has 2 atom stereocenters. The number of aromatic nitrogens is 1. The van der Waals surface area contributed by atoms with Gasteiger partial charge in [0.1, 0.15) is 11.4 Å². The van der Waals surface area contributed by atoms with E-state index in [2.05, 4.69) is 10.3 Å². The summed E-state index contributed by atoms with van der Waals surface area (Å²) in [6.45, 7) is 5.38. The molecule has 2 unspecified atom stereocenters. The largest absolute Gasteiger partial charge is 0.514 e. The first-order chi connectivity index (χ1) is 13.9. The lowest BCUT2D eigenvalue weighted by Gasteiger charge is -2.21. The third kappa shape index (κ3) is 3.83. The van der Waals surface area contributed by atoms with E-state index in [1.807, 2.05) is 48.6 Å². The van der Waals surface area contributed by atoms with Crippen LogP contribution in [0.1, 0.15) is 36.8 Å². The summed E-state index contributed by atoms with van der Waals surface area (Å²) in [6.07, 6.45) is 8.47. The number of hydrogen-bond acceptors (Lipinski definition) is 5. The Morgan fingerprint density at radius 1 is 1.17 bits per heavy atom. The van der Waals surface area contributed by atoms with Crippen LogP contribution in [0, 0.1) is 5.92 Å². The van der Waals surface area contributed by atoms with Crippen molar-refractivity contribution in [2.75, 3.05) is 0 Å². The fourth-order valence-corrected chi connectivity index (χ4v) is 3.77. The van der Waals surface area contributed by atoms with Crippen LogP contribution in [-0.2, 0) is 15.9 Å². The Balaban J connectivity index is 1.68. The summed E-state index contributed by atoms with van der Waals surface area (Å²) in [5.41, 5.74) is 2.41. The minimum atomic E-state index is -0.734. The van der Waals surface area contributed by atoms with Gasteiger partial charge in [0.05, 0.1) is 17.7 Å².